The van der Waals surface area contributed by atoms with Gasteiger partial charge >= 0.3 is 0 Å². The Bertz CT molecular complexity index is 555. The van der Waals surface area contributed by atoms with Gasteiger partial charge in [-0.05, 0) is 42.2 Å². The van der Waals surface area contributed by atoms with Crippen molar-refractivity contribution in [1.29, 1.82) is 0 Å². The molecule has 2 aromatic carbocycles. The van der Waals surface area contributed by atoms with Gasteiger partial charge in [0.25, 0.3) is 0 Å². The van der Waals surface area contributed by atoms with E-state index < -0.39 is 0 Å². The lowest BCUT2D eigenvalue weighted by Crippen LogP contribution is -2.00. The second-order valence-electron chi connectivity index (χ2n) is 4.87. The molecule has 0 saturated carbocycles. The summed E-state index contributed by atoms with van der Waals surface area (Å²) in [6.45, 7) is 3.86. The normalized spacial score (nSPS) is 10.8. The summed E-state index contributed by atoms with van der Waals surface area (Å²) in [6.07, 6.45) is 4.61. The third-order valence-electron chi connectivity index (χ3n) is 3.40. The standard InChI is InChI=1S/C17H20O/c1-3-4-5-10-16-11-14-8-6-7-9-15(14)12-17(16)13(2)18/h6-9,11-12H,3-5,10H2,1-2H3. The van der Waals surface area contributed by atoms with Gasteiger partial charge in [-0.3, -0.25) is 4.79 Å². The zero-order chi connectivity index (χ0) is 13.0. The van der Waals surface area contributed by atoms with Crippen LogP contribution in [0.4, 0.5) is 0 Å². The van der Waals surface area contributed by atoms with Crippen LogP contribution in [0.25, 0.3) is 10.8 Å². The van der Waals surface area contributed by atoms with E-state index >= 15 is 0 Å². The molecule has 0 amide bonds. The summed E-state index contributed by atoms with van der Waals surface area (Å²) >= 11 is 0. The number of benzene rings is 2. The number of unbranched alkanes of at least 4 members (excludes halogenated alkanes) is 2. The highest BCUT2D eigenvalue weighted by Gasteiger charge is 2.08. The molecule has 18 heavy (non-hydrogen) atoms. The molecule has 0 saturated heterocycles. The van der Waals surface area contributed by atoms with Crippen LogP contribution in [0.5, 0.6) is 0 Å². The number of carbonyl (C=O) groups excluding carboxylic acids is 1. The van der Waals surface area contributed by atoms with Crippen LogP contribution in [0.2, 0.25) is 0 Å². The van der Waals surface area contributed by atoms with Crippen LogP contribution in [0.3, 0.4) is 0 Å². The van der Waals surface area contributed by atoms with Crippen molar-refractivity contribution in [3.05, 3.63) is 47.5 Å². The first-order valence-electron chi connectivity index (χ1n) is 6.75. The molecule has 0 fully saturated rings. The molecule has 1 heteroatoms. The van der Waals surface area contributed by atoms with Crippen molar-refractivity contribution in [1.82, 2.24) is 0 Å². The minimum atomic E-state index is 0.173. The summed E-state index contributed by atoms with van der Waals surface area (Å²) in [5.41, 5.74) is 2.10. The number of ketones is 1. The maximum absolute atomic E-state index is 11.7. The van der Waals surface area contributed by atoms with Crippen molar-refractivity contribution in [2.75, 3.05) is 0 Å². The van der Waals surface area contributed by atoms with Crippen LogP contribution in [0.15, 0.2) is 36.4 Å². The van der Waals surface area contributed by atoms with E-state index in [1.807, 2.05) is 18.2 Å². The molecule has 0 radical (unpaired) electrons. The lowest BCUT2D eigenvalue weighted by atomic mass is 9.95. The van der Waals surface area contributed by atoms with Gasteiger partial charge < -0.3 is 0 Å². The van der Waals surface area contributed by atoms with Gasteiger partial charge in [0.15, 0.2) is 5.78 Å². The maximum atomic E-state index is 11.7. The second kappa shape index (κ2) is 5.81. The molecule has 1 nitrogen and oxygen atoms in total. The average molecular weight is 240 g/mol. The molecule has 0 atom stereocenters. The van der Waals surface area contributed by atoms with Crippen molar-refractivity contribution in [2.45, 2.75) is 39.5 Å². The third kappa shape index (κ3) is 2.79. The van der Waals surface area contributed by atoms with E-state index in [9.17, 15) is 4.79 Å². The molecule has 94 valence electrons. The molecule has 0 aliphatic carbocycles. The van der Waals surface area contributed by atoms with Crippen molar-refractivity contribution in [2.24, 2.45) is 0 Å². The van der Waals surface area contributed by atoms with E-state index in [0.29, 0.717) is 0 Å². The largest absolute Gasteiger partial charge is 0.295 e. The molecule has 0 spiro atoms. The van der Waals surface area contributed by atoms with Crippen molar-refractivity contribution in [3.8, 4) is 0 Å². The fourth-order valence-corrected chi connectivity index (χ4v) is 2.39. The van der Waals surface area contributed by atoms with Crippen LogP contribution in [0.1, 0.15) is 49.0 Å². The number of carbonyl (C=O) groups is 1. The monoisotopic (exact) mass is 240 g/mol. The van der Waals surface area contributed by atoms with E-state index in [4.69, 9.17) is 0 Å². The third-order valence-corrected chi connectivity index (χ3v) is 3.40. The van der Waals surface area contributed by atoms with E-state index in [0.717, 1.165) is 23.8 Å². The topological polar surface area (TPSA) is 17.1 Å². The number of aryl methyl sites for hydroxylation is 1. The van der Waals surface area contributed by atoms with E-state index in [1.54, 1.807) is 6.92 Å². The molecular formula is C17H20O. The molecule has 2 rings (SSSR count). The van der Waals surface area contributed by atoms with Gasteiger partial charge in [-0.25, -0.2) is 0 Å². The summed E-state index contributed by atoms with van der Waals surface area (Å²) in [7, 11) is 0. The Morgan fingerprint density at radius 2 is 1.72 bits per heavy atom. The predicted molar refractivity (Wildman–Crippen MR) is 77.2 cm³/mol. The molecule has 2 aromatic rings. The Balaban J connectivity index is 2.41. The number of Topliss-reactive ketones (excluding diaryl/α,β-unsaturated/α-hetero) is 1. The zero-order valence-corrected chi connectivity index (χ0v) is 11.2. The Hall–Kier alpha value is -1.63. The Morgan fingerprint density at radius 3 is 2.33 bits per heavy atom. The van der Waals surface area contributed by atoms with Gasteiger partial charge in [-0.2, -0.15) is 0 Å². The van der Waals surface area contributed by atoms with Gasteiger partial charge in [0, 0.05) is 5.56 Å². The predicted octanol–water partition coefficient (Wildman–Crippen LogP) is 4.78. The lowest BCUT2D eigenvalue weighted by molar-refractivity contribution is 0.101. The minimum absolute atomic E-state index is 0.173. The first-order chi connectivity index (χ1) is 8.72. The minimum Gasteiger partial charge on any atom is -0.295 e. The highest BCUT2D eigenvalue weighted by Crippen LogP contribution is 2.22. The van der Waals surface area contributed by atoms with E-state index in [2.05, 4.69) is 25.1 Å². The quantitative estimate of drug-likeness (QED) is 0.543. The average Bonchev–Trinajstić information content (AvgIpc) is 2.38. The fourth-order valence-electron chi connectivity index (χ4n) is 2.39. The zero-order valence-electron chi connectivity index (χ0n) is 11.2. The van der Waals surface area contributed by atoms with Crippen LogP contribution in [-0.2, 0) is 6.42 Å². The number of fused-ring (bicyclic) bond motifs is 1. The molecule has 0 heterocycles. The van der Waals surface area contributed by atoms with Gasteiger partial charge in [-0.15, -0.1) is 0 Å². The Morgan fingerprint density at radius 1 is 1.06 bits per heavy atom. The lowest BCUT2D eigenvalue weighted by Gasteiger charge is -2.09. The van der Waals surface area contributed by atoms with Crippen LogP contribution in [0, 0.1) is 0 Å². The highest BCUT2D eigenvalue weighted by atomic mass is 16.1. The van der Waals surface area contributed by atoms with Crippen LogP contribution < -0.4 is 0 Å². The van der Waals surface area contributed by atoms with Gasteiger partial charge in [0.05, 0.1) is 0 Å². The number of hydrogen-bond acceptors (Lipinski definition) is 1. The second-order valence-corrected chi connectivity index (χ2v) is 4.87. The summed E-state index contributed by atoms with van der Waals surface area (Å²) in [5.74, 6) is 0.173. The summed E-state index contributed by atoms with van der Waals surface area (Å²) in [5, 5.41) is 2.39. The van der Waals surface area contributed by atoms with Crippen molar-refractivity contribution < 1.29 is 4.79 Å². The number of rotatable bonds is 5. The van der Waals surface area contributed by atoms with E-state index in [-0.39, 0.29) is 5.78 Å². The van der Waals surface area contributed by atoms with Crippen LogP contribution >= 0.6 is 0 Å². The Kier molecular flexibility index (Phi) is 4.14. The van der Waals surface area contributed by atoms with E-state index in [1.165, 1.54) is 23.8 Å². The SMILES string of the molecule is CCCCCc1cc2ccccc2cc1C(C)=O. The smallest absolute Gasteiger partial charge is 0.160 e. The molecule has 0 N–H and O–H groups in total. The van der Waals surface area contributed by atoms with Gasteiger partial charge in [-0.1, -0.05) is 50.1 Å². The summed E-state index contributed by atoms with van der Waals surface area (Å²) < 4.78 is 0. The van der Waals surface area contributed by atoms with Crippen molar-refractivity contribution >= 4 is 16.6 Å². The first kappa shape index (κ1) is 12.8. The molecule has 0 aromatic heterocycles. The molecule has 0 aliphatic rings. The molecular weight excluding hydrogens is 220 g/mol. The van der Waals surface area contributed by atoms with Crippen molar-refractivity contribution in [3.63, 3.8) is 0 Å². The summed E-state index contributed by atoms with van der Waals surface area (Å²) in [6, 6.07) is 12.5. The maximum Gasteiger partial charge on any atom is 0.160 e. The molecule has 0 aliphatic heterocycles. The fraction of sp³-hybridized carbons (Fsp3) is 0.353. The molecule has 0 bridgehead atoms. The van der Waals surface area contributed by atoms with Crippen LogP contribution in [-0.4, -0.2) is 5.78 Å². The summed E-state index contributed by atoms with van der Waals surface area (Å²) in [4.78, 5) is 11.7. The molecule has 0 unspecified atom stereocenters. The Labute approximate surface area is 109 Å². The highest BCUT2D eigenvalue weighted by molar-refractivity contribution is 6.00. The van der Waals surface area contributed by atoms with Gasteiger partial charge in [0.1, 0.15) is 0 Å². The van der Waals surface area contributed by atoms with Gasteiger partial charge in [0.2, 0.25) is 0 Å². The number of hydrogen-bond donors (Lipinski definition) is 0. The first-order valence-corrected chi connectivity index (χ1v) is 6.75.